The molecule has 7 nitrogen and oxygen atoms in total. The Labute approximate surface area is 173 Å². The Morgan fingerprint density at radius 2 is 1.70 bits per heavy atom. The van der Waals surface area contributed by atoms with Gasteiger partial charge in [0.05, 0.1) is 4.90 Å². The van der Waals surface area contributed by atoms with Gasteiger partial charge in [-0.1, -0.05) is 32.9 Å². The molecule has 0 aromatic heterocycles. The van der Waals surface area contributed by atoms with Gasteiger partial charge in [-0.15, -0.1) is 0 Å². The first-order chi connectivity index (χ1) is 14.0. The highest BCUT2D eigenvalue weighted by atomic mass is 32.2. The van der Waals surface area contributed by atoms with Gasteiger partial charge in [0.25, 0.3) is 5.91 Å². The number of primary sulfonamides is 1. The highest BCUT2D eigenvalue weighted by Crippen LogP contribution is 2.21. The van der Waals surface area contributed by atoms with Gasteiger partial charge in [0.1, 0.15) is 23.2 Å². The molecule has 0 fully saturated rings. The van der Waals surface area contributed by atoms with Crippen molar-refractivity contribution in [2.75, 3.05) is 5.32 Å². The number of benzene rings is 2. The van der Waals surface area contributed by atoms with Crippen LogP contribution in [-0.4, -0.2) is 26.3 Å². The first-order valence-corrected chi connectivity index (χ1v) is 10.7. The van der Waals surface area contributed by atoms with Crippen molar-refractivity contribution in [1.82, 2.24) is 5.32 Å². The van der Waals surface area contributed by atoms with Crippen molar-refractivity contribution in [1.29, 1.82) is 0 Å². The Kier molecular flexibility index (Phi) is 7.27. The summed E-state index contributed by atoms with van der Waals surface area (Å²) in [5.74, 6) is -4.30. The molecule has 0 spiro atoms. The summed E-state index contributed by atoms with van der Waals surface area (Å²) in [4.78, 5) is 24.9. The number of halogens is 2. The molecular formula is C20H23F2N3O4S. The normalized spacial score (nSPS) is 12.5. The first-order valence-electron chi connectivity index (χ1n) is 9.17. The third kappa shape index (κ3) is 5.39. The Morgan fingerprint density at radius 3 is 2.20 bits per heavy atom. The highest BCUT2D eigenvalue weighted by molar-refractivity contribution is 7.89. The zero-order valence-corrected chi connectivity index (χ0v) is 17.5. The zero-order valence-electron chi connectivity index (χ0n) is 16.7. The summed E-state index contributed by atoms with van der Waals surface area (Å²) in [5, 5.41) is 10.1. The van der Waals surface area contributed by atoms with Crippen molar-refractivity contribution in [3.05, 3.63) is 59.2 Å². The van der Waals surface area contributed by atoms with E-state index >= 15 is 0 Å². The van der Waals surface area contributed by atoms with E-state index in [-0.39, 0.29) is 10.6 Å². The minimum absolute atomic E-state index is 0.124. The van der Waals surface area contributed by atoms with E-state index in [1.165, 1.54) is 18.2 Å². The standard InChI is InChI=1S/C20H23F2N3O4S/c1-4-12-8-9-13(10-16(12)30(23,28)29)24-20(27)18(11(2)3)25-19(26)17-14(21)6-5-7-15(17)22/h5-11,18H,4H2,1-3H3,(H,24,27)(H,25,26)(H2,23,28,29). The number of carbonyl (C=O) groups is 2. The lowest BCUT2D eigenvalue weighted by Crippen LogP contribution is -2.47. The summed E-state index contributed by atoms with van der Waals surface area (Å²) in [6, 6.07) is 6.10. The predicted octanol–water partition coefficient (Wildman–Crippen LogP) is 2.57. The molecule has 0 saturated heterocycles. The molecule has 0 saturated carbocycles. The van der Waals surface area contributed by atoms with Gasteiger partial charge < -0.3 is 10.6 Å². The average Bonchev–Trinajstić information content (AvgIpc) is 2.64. The van der Waals surface area contributed by atoms with Crippen molar-refractivity contribution in [2.24, 2.45) is 11.1 Å². The fourth-order valence-corrected chi connectivity index (χ4v) is 3.74. The molecule has 10 heteroatoms. The van der Waals surface area contributed by atoms with Crippen molar-refractivity contribution in [2.45, 2.75) is 38.1 Å². The number of rotatable bonds is 7. The van der Waals surface area contributed by atoms with E-state index in [9.17, 15) is 26.8 Å². The minimum Gasteiger partial charge on any atom is -0.340 e. The van der Waals surface area contributed by atoms with Crippen LogP contribution in [0.5, 0.6) is 0 Å². The molecule has 4 N–H and O–H groups in total. The van der Waals surface area contributed by atoms with Gasteiger partial charge in [-0.25, -0.2) is 22.3 Å². The predicted molar refractivity (Wildman–Crippen MR) is 108 cm³/mol. The summed E-state index contributed by atoms with van der Waals surface area (Å²) in [7, 11) is -4.01. The Morgan fingerprint density at radius 1 is 1.10 bits per heavy atom. The van der Waals surface area contributed by atoms with Gasteiger partial charge in [0.2, 0.25) is 15.9 Å². The van der Waals surface area contributed by atoms with Crippen LogP contribution < -0.4 is 15.8 Å². The molecule has 0 radical (unpaired) electrons. The number of amides is 2. The number of sulfonamides is 1. The van der Waals surface area contributed by atoms with E-state index in [1.807, 2.05) is 0 Å². The van der Waals surface area contributed by atoms with Crippen molar-refractivity contribution in [3.8, 4) is 0 Å². The second-order valence-electron chi connectivity index (χ2n) is 7.00. The number of carbonyl (C=O) groups excluding carboxylic acids is 2. The van der Waals surface area contributed by atoms with Gasteiger partial charge in [-0.3, -0.25) is 9.59 Å². The topological polar surface area (TPSA) is 118 Å². The van der Waals surface area contributed by atoms with Crippen LogP contribution in [0.2, 0.25) is 0 Å². The number of nitrogens with two attached hydrogens (primary N) is 1. The smallest absolute Gasteiger partial charge is 0.257 e. The fraction of sp³-hybridized carbons (Fsp3) is 0.300. The molecule has 0 heterocycles. The molecule has 30 heavy (non-hydrogen) atoms. The van der Waals surface area contributed by atoms with E-state index in [0.717, 1.165) is 18.2 Å². The van der Waals surface area contributed by atoms with Crippen LogP contribution in [0.4, 0.5) is 14.5 Å². The molecular weight excluding hydrogens is 416 g/mol. The zero-order chi connectivity index (χ0) is 22.6. The number of nitrogens with one attached hydrogen (secondary N) is 2. The second kappa shape index (κ2) is 9.31. The molecule has 162 valence electrons. The van der Waals surface area contributed by atoms with Crippen LogP contribution in [0.3, 0.4) is 0 Å². The van der Waals surface area contributed by atoms with E-state index in [2.05, 4.69) is 10.6 Å². The molecule has 2 aromatic carbocycles. The third-order valence-corrected chi connectivity index (χ3v) is 5.44. The van der Waals surface area contributed by atoms with Crippen LogP contribution in [0.25, 0.3) is 0 Å². The Bertz CT molecular complexity index is 1050. The maximum atomic E-state index is 13.9. The summed E-state index contributed by atoms with van der Waals surface area (Å²) >= 11 is 0. The average molecular weight is 439 g/mol. The third-order valence-electron chi connectivity index (χ3n) is 4.45. The Balaban J connectivity index is 2.28. The summed E-state index contributed by atoms with van der Waals surface area (Å²) in [5.41, 5.74) is -0.155. The van der Waals surface area contributed by atoms with Gasteiger partial charge in [-0.2, -0.15) is 0 Å². The lowest BCUT2D eigenvalue weighted by atomic mass is 10.0. The largest absolute Gasteiger partial charge is 0.340 e. The molecule has 0 bridgehead atoms. The van der Waals surface area contributed by atoms with Gasteiger partial charge in [-0.05, 0) is 42.2 Å². The number of aryl methyl sites for hydroxylation is 1. The monoisotopic (exact) mass is 439 g/mol. The molecule has 0 aliphatic heterocycles. The van der Waals surface area contributed by atoms with E-state index in [0.29, 0.717) is 12.0 Å². The molecule has 1 unspecified atom stereocenters. The van der Waals surface area contributed by atoms with Gasteiger partial charge in [0, 0.05) is 5.69 Å². The van der Waals surface area contributed by atoms with Crippen molar-refractivity contribution < 1.29 is 26.8 Å². The van der Waals surface area contributed by atoms with E-state index in [4.69, 9.17) is 5.14 Å². The molecule has 2 aromatic rings. The minimum atomic E-state index is -4.01. The quantitative estimate of drug-likeness (QED) is 0.614. The number of anilines is 1. The molecule has 0 aliphatic rings. The summed E-state index contributed by atoms with van der Waals surface area (Å²) in [6.07, 6.45) is 0.416. The van der Waals surface area contributed by atoms with E-state index in [1.54, 1.807) is 20.8 Å². The number of hydrogen-bond acceptors (Lipinski definition) is 4. The van der Waals surface area contributed by atoms with Crippen molar-refractivity contribution >= 4 is 27.5 Å². The van der Waals surface area contributed by atoms with Crippen LogP contribution in [-0.2, 0) is 21.2 Å². The molecule has 2 amide bonds. The number of hydrogen-bond donors (Lipinski definition) is 3. The maximum absolute atomic E-state index is 13.9. The summed E-state index contributed by atoms with van der Waals surface area (Å²) in [6.45, 7) is 5.03. The second-order valence-corrected chi connectivity index (χ2v) is 8.53. The molecule has 0 aliphatic carbocycles. The van der Waals surface area contributed by atoms with Gasteiger partial charge >= 0.3 is 0 Å². The summed E-state index contributed by atoms with van der Waals surface area (Å²) < 4.78 is 51.3. The van der Waals surface area contributed by atoms with E-state index < -0.39 is 51.0 Å². The lowest BCUT2D eigenvalue weighted by Gasteiger charge is -2.22. The fourth-order valence-electron chi connectivity index (χ4n) is 2.87. The van der Waals surface area contributed by atoms with Crippen molar-refractivity contribution in [3.63, 3.8) is 0 Å². The first kappa shape index (κ1) is 23.4. The lowest BCUT2D eigenvalue weighted by molar-refractivity contribution is -0.118. The van der Waals surface area contributed by atoms with Crippen LogP contribution in [0.1, 0.15) is 36.7 Å². The van der Waals surface area contributed by atoms with Crippen LogP contribution >= 0.6 is 0 Å². The Hall–Kier alpha value is -2.85. The molecule has 1 atom stereocenters. The molecule has 2 rings (SSSR count). The highest BCUT2D eigenvalue weighted by Gasteiger charge is 2.27. The van der Waals surface area contributed by atoms with Crippen LogP contribution in [0, 0.1) is 17.6 Å². The van der Waals surface area contributed by atoms with Crippen LogP contribution in [0.15, 0.2) is 41.3 Å². The SMILES string of the molecule is CCc1ccc(NC(=O)C(NC(=O)c2c(F)cccc2F)C(C)C)cc1S(N)(=O)=O. The van der Waals surface area contributed by atoms with Gasteiger partial charge in [0.15, 0.2) is 0 Å². The maximum Gasteiger partial charge on any atom is 0.257 e.